The van der Waals surface area contributed by atoms with Crippen LogP contribution in [0.1, 0.15) is 44.5 Å². The largest absolute Gasteiger partial charge is 0.455 e. The molecular weight excluding hydrogens is 1000 g/mol. The third kappa shape index (κ3) is 6.18. The van der Waals surface area contributed by atoms with Gasteiger partial charge in [-0.3, -0.25) is 0 Å². The van der Waals surface area contributed by atoms with Crippen molar-refractivity contribution in [2.24, 2.45) is 0 Å². The van der Waals surface area contributed by atoms with Crippen molar-refractivity contribution >= 4 is 60.8 Å². The van der Waals surface area contributed by atoms with E-state index in [0.29, 0.717) is 0 Å². The summed E-state index contributed by atoms with van der Waals surface area (Å²) in [5.41, 5.74) is 27.2. The molecule has 0 fully saturated rings. The minimum absolute atomic E-state index is 0.584. The summed E-state index contributed by atoms with van der Waals surface area (Å²) < 4.78 is 9.16. The van der Waals surface area contributed by atoms with Crippen molar-refractivity contribution in [2.75, 3.05) is 4.90 Å². The van der Waals surface area contributed by atoms with Crippen LogP contribution in [0.5, 0.6) is 0 Å². The van der Waals surface area contributed by atoms with Gasteiger partial charge in [0.15, 0.2) is 0 Å². The topological polar surface area (TPSA) is 21.3 Å². The number of aromatic nitrogens is 1. The fourth-order valence-corrected chi connectivity index (χ4v) is 15.4. The number of hydrogen-bond acceptors (Lipinski definition) is 2. The highest BCUT2D eigenvalue weighted by Gasteiger charge is 2.51. The van der Waals surface area contributed by atoms with Crippen molar-refractivity contribution in [3.8, 4) is 50.2 Å². The van der Waals surface area contributed by atoms with Gasteiger partial charge >= 0.3 is 0 Å². The summed E-state index contributed by atoms with van der Waals surface area (Å²) in [6, 6.07) is 113. The van der Waals surface area contributed by atoms with Crippen molar-refractivity contribution in [1.82, 2.24) is 4.57 Å². The number of benzene rings is 13. The molecule has 3 aliphatic rings. The van der Waals surface area contributed by atoms with Gasteiger partial charge in [-0.1, -0.05) is 249 Å². The van der Waals surface area contributed by atoms with Crippen LogP contribution in [0.2, 0.25) is 0 Å². The van der Waals surface area contributed by atoms with E-state index >= 15 is 0 Å². The van der Waals surface area contributed by atoms with Gasteiger partial charge in [0.05, 0.1) is 33.2 Å². The fourth-order valence-electron chi connectivity index (χ4n) is 15.4. The molecular formula is C80H50N2O. The number of anilines is 3. The molecule has 0 radical (unpaired) electrons. The lowest BCUT2D eigenvalue weighted by molar-refractivity contribution is 0.670. The zero-order valence-corrected chi connectivity index (χ0v) is 45.2. The molecule has 18 rings (SSSR count). The Morgan fingerprint density at radius 2 is 0.819 bits per heavy atom. The second-order valence-electron chi connectivity index (χ2n) is 22.6. The average Bonchev–Trinajstić information content (AvgIpc) is 1.83. The Bertz CT molecular complexity index is 5120. The average molecular weight is 1060 g/mol. The quantitative estimate of drug-likeness (QED) is 0.159. The predicted molar refractivity (Wildman–Crippen MR) is 342 cm³/mol. The minimum atomic E-state index is -0.594. The van der Waals surface area contributed by atoms with Crippen LogP contribution < -0.4 is 4.90 Å². The predicted octanol–water partition coefficient (Wildman–Crippen LogP) is 20.5. The zero-order chi connectivity index (χ0) is 54.4. The molecule has 1 spiro atoms. The molecule has 13 aromatic carbocycles. The Hall–Kier alpha value is -10.7. The SMILES string of the molecule is c1ccc(C2(c3ccccc3)c3ccccc3-c3ccc(N(c4ccc(-c5cccc6c5oc5ccccc56)cc4)c4ccccc4-c4ccc5c(c4)C4(c6ccccc6-5)c5ccccc5-n5c6ccccc6c6cccc4c65)cc32)cc1. The van der Waals surface area contributed by atoms with Crippen LogP contribution in [0.25, 0.3) is 93.9 Å². The lowest BCUT2D eigenvalue weighted by atomic mass is 9.65. The number of para-hydroxylation sites is 6. The van der Waals surface area contributed by atoms with E-state index < -0.39 is 10.8 Å². The van der Waals surface area contributed by atoms with E-state index in [4.69, 9.17) is 4.42 Å². The van der Waals surface area contributed by atoms with E-state index in [1.165, 1.54) is 94.3 Å². The van der Waals surface area contributed by atoms with E-state index in [0.717, 1.165) is 61.3 Å². The molecule has 0 saturated carbocycles. The van der Waals surface area contributed by atoms with E-state index in [9.17, 15) is 0 Å². The van der Waals surface area contributed by atoms with E-state index in [1.54, 1.807) is 0 Å². The smallest absolute Gasteiger partial charge is 0.143 e. The third-order valence-electron chi connectivity index (χ3n) is 18.7. The van der Waals surface area contributed by atoms with Gasteiger partial charge in [0, 0.05) is 44.0 Å². The summed E-state index contributed by atoms with van der Waals surface area (Å²) in [4.78, 5) is 2.50. The van der Waals surface area contributed by atoms with Gasteiger partial charge < -0.3 is 13.9 Å². The molecule has 83 heavy (non-hydrogen) atoms. The lowest BCUT2D eigenvalue weighted by Crippen LogP contribution is -2.33. The molecule has 1 unspecified atom stereocenters. The maximum atomic E-state index is 6.63. The van der Waals surface area contributed by atoms with Crippen LogP contribution >= 0.6 is 0 Å². The van der Waals surface area contributed by atoms with Gasteiger partial charge in [-0.05, 0) is 132 Å². The van der Waals surface area contributed by atoms with Crippen LogP contribution in [0, 0.1) is 0 Å². The van der Waals surface area contributed by atoms with Crippen molar-refractivity contribution in [3.05, 3.63) is 348 Å². The van der Waals surface area contributed by atoms with Crippen molar-refractivity contribution in [1.29, 1.82) is 0 Å². The first-order valence-corrected chi connectivity index (χ1v) is 28.8. The maximum absolute atomic E-state index is 6.63. The Morgan fingerprint density at radius 3 is 1.59 bits per heavy atom. The molecule has 1 atom stereocenters. The second kappa shape index (κ2) is 17.4. The summed E-state index contributed by atoms with van der Waals surface area (Å²) in [6.45, 7) is 0. The Labute approximate surface area is 480 Å². The molecule has 15 aromatic rings. The number of rotatable bonds is 7. The molecule has 0 saturated heterocycles. The number of fused-ring (bicyclic) bond motifs is 18. The standard InChI is InChI=1S/C80H50N2O/c1-3-21-53(22-4-1)79(54-23-5-2-6-24-54)67-33-12-7-26-59(67)62-48-46-56(50-72(62)79)81(55-44-41-51(42-45-55)58-30-19-32-66-64-29-11-18-40-76(64)83-78(58)66)73-37-15-9-25-57(73)52-43-47-61-60-27-8-13-34-68(60)80(71(61)49-52)69-35-14-17-39-75(69)82-74-38-16-10-28-63(74)65-31-20-36-70(80)77(65)82/h1-50H. The molecule has 3 heteroatoms. The van der Waals surface area contributed by atoms with Gasteiger partial charge in [-0.2, -0.15) is 0 Å². The molecule has 386 valence electrons. The molecule has 3 heterocycles. The van der Waals surface area contributed by atoms with Crippen molar-refractivity contribution in [2.45, 2.75) is 10.8 Å². The Balaban J connectivity index is 0.877. The number of furan rings is 1. The first-order valence-electron chi connectivity index (χ1n) is 28.8. The van der Waals surface area contributed by atoms with Crippen LogP contribution in [0.3, 0.4) is 0 Å². The van der Waals surface area contributed by atoms with Crippen LogP contribution in [-0.4, -0.2) is 4.57 Å². The number of hydrogen-bond donors (Lipinski definition) is 0. The summed E-state index contributed by atoms with van der Waals surface area (Å²) >= 11 is 0. The van der Waals surface area contributed by atoms with Crippen LogP contribution in [-0.2, 0) is 10.8 Å². The highest BCUT2D eigenvalue weighted by molar-refractivity contribution is 6.13. The molecule has 3 nitrogen and oxygen atoms in total. The first kappa shape index (κ1) is 46.1. The van der Waals surface area contributed by atoms with E-state index in [-0.39, 0.29) is 0 Å². The first-order chi connectivity index (χ1) is 41.2. The van der Waals surface area contributed by atoms with Gasteiger partial charge in [0.1, 0.15) is 11.2 Å². The summed E-state index contributed by atoms with van der Waals surface area (Å²) in [5.74, 6) is 0. The van der Waals surface area contributed by atoms with Gasteiger partial charge in [0.2, 0.25) is 0 Å². The third-order valence-corrected chi connectivity index (χ3v) is 18.7. The summed E-state index contributed by atoms with van der Waals surface area (Å²) in [6.07, 6.45) is 0. The minimum Gasteiger partial charge on any atom is -0.455 e. The van der Waals surface area contributed by atoms with Crippen molar-refractivity contribution in [3.63, 3.8) is 0 Å². The Morgan fingerprint density at radius 1 is 0.301 bits per heavy atom. The zero-order valence-electron chi connectivity index (χ0n) is 45.2. The lowest BCUT2D eigenvalue weighted by Gasteiger charge is -2.39. The van der Waals surface area contributed by atoms with Crippen molar-refractivity contribution < 1.29 is 4.42 Å². The molecule has 0 N–H and O–H groups in total. The fraction of sp³-hybridized carbons (Fsp3) is 0.0250. The number of nitrogens with zero attached hydrogens (tertiary/aromatic N) is 2. The molecule has 1 aliphatic heterocycles. The van der Waals surface area contributed by atoms with Gasteiger partial charge in [-0.15, -0.1) is 0 Å². The van der Waals surface area contributed by atoms with Crippen LogP contribution in [0.15, 0.2) is 308 Å². The maximum Gasteiger partial charge on any atom is 0.143 e. The molecule has 2 aromatic heterocycles. The van der Waals surface area contributed by atoms with Gasteiger partial charge in [0.25, 0.3) is 0 Å². The van der Waals surface area contributed by atoms with E-state index in [1.807, 2.05) is 6.07 Å². The Kier molecular flexibility index (Phi) is 9.64. The second-order valence-corrected chi connectivity index (χ2v) is 22.6. The van der Waals surface area contributed by atoms with Crippen LogP contribution in [0.4, 0.5) is 17.1 Å². The summed E-state index contributed by atoms with van der Waals surface area (Å²) in [5, 5.41) is 4.78. The normalized spacial score (nSPS) is 14.9. The van der Waals surface area contributed by atoms with E-state index in [2.05, 4.69) is 307 Å². The summed E-state index contributed by atoms with van der Waals surface area (Å²) in [7, 11) is 0. The highest BCUT2D eigenvalue weighted by Crippen LogP contribution is 2.62. The molecule has 0 amide bonds. The molecule has 0 bridgehead atoms. The molecule has 2 aliphatic carbocycles. The highest BCUT2D eigenvalue weighted by atomic mass is 16.3. The van der Waals surface area contributed by atoms with Gasteiger partial charge in [-0.25, -0.2) is 0 Å². The monoisotopic (exact) mass is 1050 g/mol.